The summed E-state index contributed by atoms with van der Waals surface area (Å²) < 4.78 is 23.8. The zero-order valence-electron chi connectivity index (χ0n) is 16.4. The smallest absolute Gasteiger partial charge is 0.361 e. The van der Waals surface area contributed by atoms with Crippen molar-refractivity contribution in [2.45, 2.75) is 32.2 Å². The molecule has 29 heavy (non-hydrogen) atoms. The van der Waals surface area contributed by atoms with E-state index in [1.165, 1.54) is 0 Å². The van der Waals surface area contributed by atoms with Gasteiger partial charge in [0.15, 0.2) is 5.85 Å². The average Bonchev–Trinajstić information content (AvgIpc) is 2.98. The van der Waals surface area contributed by atoms with E-state index in [2.05, 4.69) is 0 Å². The Morgan fingerprint density at radius 3 is 1.86 bits per heavy atom. The zero-order chi connectivity index (χ0) is 21.0. The lowest BCUT2D eigenvalue weighted by Crippen LogP contribution is -2.48. The summed E-state index contributed by atoms with van der Waals surface area (Å²) in [6, 6.07) is 14.4. The summed E-state index contributed by atoms with van der Waals surface area (Å²) in [7, 11) is -3.99. The number of fused-ring (bicyclic) bond motifs is 1. The third kappa shape index (κ3) is 4.19. The number of aliphatic hydroxyl groups is 1. The molecule has 154 valence electrons. The number of imide groups is 1. The highest BCUT2D eigenvalue weighted by atomic mass is 31.2. The lowest BCUT2D eigenvalue weighted by molar-refractivity contribution is 0.0414. The molecule has 1 heterocycles. The minimum absolute atomic E-state index is 0.0501. The fourth-order valence-corrected chi connectivity index (χ4v) is 5.22. The average molecular weight is 417 g/mol. The van der Waals surface area contributed by atoms with Crippen LogP contribution >= 0.6 is 7.60 Å². The van der Waals surface area contributed by atoms with E-state index in [9.17, 15) is 19.3 Å². The van der Waals surface area contributed by atoms with Crippen LogP contribution in [0, 0.1) is 0 Å². The van der Waals surface area contributed by atoms with Gasteiger partial charge in [-0.15, -0.1) is 0 Å². The summed E-state index contributed by atoms with van der Waals surface area (Å²) in [6.07, 6.45) is 0.109. The van der Waals surface area contributed by atoms with E-state index in [-0.39, 0.29) is 30.8 Å². The van der Waals surface area contributed by atoms with Crippen LogP contribution in [0.25, 0.3) is 0 Å². The van der Waals surface area contributed by atoms with Crippen LogP contribution < -0.4 is 0 Å². The molecule has 2 aromatic rings. The van der Waals surface area contributed by atoms with Gasteiger partial charge >= 0.3 is 7.60 Å². The topological polar surface area (TPSA) is 93.1 Å². The molecule has 0 spiro atoms. The molecule has 1 aliphatic heterocycles. The van der Waals surface area contributed by atoms with Crippen LogP contribution in [0.15, 0.2) is 54.6 Å². The third-order valence-corrected chi connectivity index (χ3v) is 6.96. The predicted octanol–water partition coefficient (Wildman–Crippen LogP) is 3.48. The van der Waals surface area contributed by atoms with Crippen LogP contribution in [0.5, 0.6) is 0 Å². The van der Waals surface area contributed by atoms with Crippen molar-refractivity contribution in [1.29, 1.82) is 0 Å². The first-order valence-corrected chi connectivity index (χ1v) is 11.1. The van der Waals surface area contributed by atoms with E-state index in [4.69, 9.17) is 9.05 Å². The number of nitrogens with zero attached hydrogens (tertiary/aromatic N) is 1. The van der Waals surface area contributed by atoms with Crippen LogP contribution in [-0.2, 0) is 20.0 Å². The summed E-state index contributed by atoms with van der Waals surface area (Å²) >= 11 is 0. The molecule has 3 rings (SSSR count). The molecular formula is C21H24NO6P. The first kappa shape index (κ1) is 21.4. The molecule has 8 heteroatoms. The second-order valence-electron chi connectivity index (χ2n) is 6.57. The Bertz CT molecular complexity index is 887. The van der Waals surface area contributed by atoms with Crippen molar-refractivity contribution < 1.29 is 28.3 Å². The molecule has 1 aliphatic rings. The van der Waals surface area contributed by atoms with Crippen LogP contribution in [0.4, 0.5) is 0 Å². The molecule has 2 aromatic carbocycles. The minimum atomic E-state index is -3.99. The number of carbonyl (C=O) groups is 2. The number of benzene rings is 2. The predicted molar refractivity (Wildman–Crippen MR) is 108 cm³/mol. The van der Waals surface area contributed by atoms with Gasteiger partial charge in [0.1, 0.15) is 0 Å². The molecule has 0 unspecified atom stereocenters. The van der Waals surface area contributed by atoms with Gasteiger partial charge in [0.2, 0.25) is 0 Å². The Balaban J connectivity index is 2.03. The SMILES string of the molecule is CCOP(=O)(OCC)[C@H](O)[C@H](Cc1ccccc1)N1C(=O)c2ccccc2C1=O. The molecule has 0 aliphatic carbocycles. The zero-order valence-corrected chi connectivity index (χ0v) is 17.2. The van der Waals surface area contributed by atoms with Gasteiger partial charge in [0.05, 0.1) is 30.4 Å². The van der Waals surface area contributed by atoms with Gasteiger partial charge in [0.25, 0.3) is 11.8 Å². The largest absolute Gasteiger partial charge is 0.379 e. The fraction of sp³-hybridized carbons (Fsp3) is 0.333. The number of amides is 2. The number of aliphatic hydroxyl groups excluding tert-OH is 1. The lowest BCUT2D eigenvalue weighted by Gasteiger charge is -2.33. The van der Waals surface area contributed by atoms with Gasteiger partial charge < -0.3 is 14.2 Å². The Labute approximate surface area is 169 Å². The first-order chi connectivity index (χ1) is 13.9. The molecule has 0 bridgehead atoms. The van der Waals surface area contributed by atoms with Crippen LogP contribution in [0.2, 0.25) is 0 Å². The summed E-state index contributed by atoms with van der Waals surface area (Å²) in [6.45, 7) is 3.36. The second-order valence-corrected chi connectivity index (χ2v) is 8.70. The summed E-state index contributed by atoms with van der Waals surface area (Å²) in [5, 5.41) is 11.1. The Morgan fingerprint density at radius 2 is 1.38 bits per heavy atom. The second kappa shape index (κ2) is 9.01. The molecule has 2 atom stereocenters. The van der Waals surface area contributed by atoms with Gasteiger partial charge in [0, 0.05) is 0 Å². The molecule has 0 saturated heterocycles. The molecule has 1 N–H and O–H groups in total. The van der Waals surface area contributed by atoms with Gasteiger partial charge in [-0.1, -0.05) is 42.5 Å². The van der Waals surface area contributed by atoms with Crippen LogP contribution in [0.3, 0.4) is 0 Å². The number of hydrogen-bond acceptors (Lipinski definition) is 6. The number of carbonyl (C=O) groups excluding carboxylic acids is 2. The lowest BCUT2D eigenvalue weighted by atomic mass is 10.1. The van der Waals surface area contributed by atoms with Crippen molar-refractivity contribution in [3.05, 3.63) is 71.3 Å². The monoisotopic (exact) mass is 417 g/mol. The molecule has 2 amide bonds. The van der Waals surface area contributed by atoms with Crippen LogP contribution in [0.1, 0.15) is 40.1 Å². The van der Waals surface area contributed by atoms with E-state index in [0.29, 0.717) is 0 Å². The van der Waals surface area contributed by atoms with E-state index in [0.717, 1.165) is 10.5 Å². The summed E-state index contributed by atoms with van der Waals surface area (Å²) in [4.78, 5) is 27.0. The van der Waals surface area contributed by atoms with Gasteiger partial charge in [-0.25, -0.2) is 0 Å². The van der Waals surface area contributed by atoms with Crippen molar-refractivity contribution in [2.24, 2.45) is 0 Å². The van der Waals surface area contributed by atoms with Gasteiger partial charge in [-0.05, 0) is 38.0 Å². The Hall–Kier alpha value is -2.31. The van der Waals surface area contributed by atoms with Crippen molar-refractivity contribution in [3.63, 3.8) is 0 Å². The Morgan fingerprint density at radius 1 is 0.897 bits per heavy atom. The quantitative estimate of drug-likeness (QED) is 0.496. The van der Waals surface area contributed by atoms with Gasteiger partial charge in [-0.3, -0.25) is 19.1 Å². The molecule has 7 nitrogen and oxygen atoms in total. The van der Waals surface area contributed by atoms with Crippen molar-refractivity contribution >= 4 is 19.4 Å². The maximum atomic E-state index is 13.2. The van der Waals surface area contributed by atoms with Crippen molar-refractivity contribution in [1.82, 2.24) is 4.90 Å². The van der Waals surface area contributed by atoms with E-state index in [1.807, 2.05) is 30.3 Å². The maximum Gasteiger partial charge on any atom is 0.361 e. The third-order valence-electron chi connectivity index (χ3n) is 4.73. The molecular weight excluding hydrogens is 393 g/mol. The molecule has 0 fully saturated rings. The number of rotatable bonds is 9. The van der Waals surface area contributed by atoms with Crippen LogP contribution in [-0.4, -0.2) is 46.9 Å². The summed E-state index contributed by atoms with van der Waals surface area (Å²) in [5.74, 6) is -2.76. The highest BCUT2D eigenvalue weighted by molar-refractivity contribution is 7.54. The van der Waals surface area contributed by atoms with E-state index >= 15 is 0 Å². The highest BCUT2D eigenvalue weighted by Crippen LogP contribution is 2.54. The normalized spacial score (nSPS) is 16.0. The first-order valence-electron chi connectivity index (χ1n) is 9.50. The van der Waals surface area contributed by atoms with E-state index in [1.54, 1.807) is 38.1 Å². The molecule has 0 saturated carbocycles. The summed E-state index contributed by atoms with van der Waals surface area (Å²) in [5.41, 5.74) is 1.28. The highest BCUT2D eigenvalue weighted by Gasteiger charge is 2.49. The fourth-order valence-electron chi connectivity index (χ4n) is 3.46. The number of hydrogen-bond donors (Lipinski definition) is 1. The minimum Gasteiger partial charge on any atom is -0.379 e. The van der Waals surface area contributed by atoms with Crippen molar-refractivity contribution in [2.75, 3.05) is 13.2 Å². The maximum absolute atomic E-state index is 13.2. The molecule has 0 radical (unpaired) electrons. The molecule has 0 aromatic heterocycles. The van der Waals surface area contributed by atoms with Gasteiger partial charge in [-0.2, -0.15) is 0 Å². The standard InChI is InChI=1S/C21H24NO6P/c1-3-27-29(26,28-4-2)21(25)18(14-15-10-6-5-7-11-15)22-19(23)16-12-8-9-13-17(16)20(22)24/h5-13,18,21,25H,3-4,14H2,1-2H3/t18-,21-/m0/s1. The van der Waals surface area contributed by atoms with E-state index < -0.39 is 31.3 Å². The van der Waals surface area contributed by atoms with Crippen molar-refractivity contribution in [3.8, 4) is 0 Å². The Kier molecular flexibility index (Phi) is 6.65.